The molecule has 2 N–H and O–H groups in total. The average Bonchev–Trinajstić information content (AvgIpc) is 3.17. The molecule has 6 heteroatoms. The van der Waals surface area contributed by atoms with Gasteiger partial charge in [0.2, 0.25) is 0 Å². The molecule has 1 aromatic rings. The Kier molecular flexibility index (Phi) is 6.47. The number of nitrogens with one attached hydrogen (secondary N) is 2. The molecule has 0 amide bonds. The van der Waals surface area contributed by atoms with E-state index in [1.165, 1.54) is 0 Å². The van der Waals surface area contributed by atoms with Crippen LogP contribution in [0.2, 0.25) is 0 Å². The Bertz CT molecular complexity index is 479. The van der Waals surface area contributed by atoms with E-state index in [0.29, 0.717) is 6.54 Å². The highest BCUT2D eigenvalue weighted by Crippen LogP contribution is 2.25. The highest BCUT2D eigenvalue weighted by atomic mass is 16.5. The molecule has 1 aliphatic heterocycles. The minimum atomic E-state index is -0.121. The Morgan fingerprint density at radius 2 is 2.26 bits per heavy atom. The van der Waals surface area contributed by atoms with Gasteiger partial charge in [-0.25, -0.2) is 0 Å². The molecule has 2 atom stereocenters. The van der Waals surface area contributed by atoms with Crippen molar-refractivity contribution >= 4 is 5.96 Å². The zero-order valence-electron chi connectivity index (χ0n) is 14.8. The molecule has 2 heterocycles. The van der Waals surface area contributed by atoms with Crippen LogP contribution in [0.25, 0.3) is 0 Å². The van der Waals surface area contributed by atoms with Gasteiger partial charge in [0, 0.05) is 19.7 Å². The summed E-state index contributed by atoms with van der Waals surface area (Å²) >= 11 is 0. The van der Waals surface area contributed by atoms with Crippen LogP contribution in [0.5, 0.6) is 0 Å². The summed E-state index contributed by atoms with van der Waals surface area (Å²) in [5.41, 5.74) is -0.121. The molecule has 23 heavy (non-hydrogen) atoms. The summed E-state index contributed by atoms with van der Waals surface area (Å²) in [6.07, 6.45) is 3.91. The molecule has 6 nitrogen and oxygen atoms in total. The normalized spacial score (nSPS) is 23.3. The monoisotopic (exact) mass is 322 g/mol. The van der Waals surface area contributed by atoms with Gasteiger partial charge in [0.15, 0.2) is 5.96 Å². The minimum absolute atomic E-state index is 0.121. The van der Waals surface area contributed by atoms with E-state index in [0.717, 1.165) is 44.3 Å². The summed E-state index contributed by atoms with van der Waals surface area (Å²) < 4.78 is 11.4. The minimum Gasteiger partial charge on any atom is -0.468 e. The number of aliphatic imine (C=N–C) groups is 1. The molecule has 0 bridgehead atoms. The van der Waals surface area contributed by atoms with Gasteiger partial charge in [-0.05, 0) is 52.9 Å². The number of furan rings is 1. The average molecular weight is 322 g/mol. The predicted octanol–water partition coefficient (Wildman–Crippen LogP) is 2.01. The molecule has 1 saturated heterocycles. The number of nitrogens with zero attached hydrogens (tertiary/aromatic N) is 2. The number of likely N-dealkylation sites (N-methyl/N-ethyl adjacent to an activating group) is 1. The fourth-order valence-electron chi connectivity index (χ4n) is 2.76. The van der Waals surface area contributed by atoms with Crippen LogP contribution in [-0.4, -0.2) is 56.8 Å². The molecule has 1 aliphatic rings. The van der Waals surface area contributed by atoms with E-state index in [2.05, 4.69) is 29.4 Å². The third-order valence-corrected chi connectivity index (χ3v) is 4.17. The zero-order valence-corrected chi connectivity index (χ0v) is 14.8. The standard InChI is InChI=1S/C17H30N4O2/c1-5-18-16(20-13-17(2)9-7-11-23-17)19-12-14(21(3)4)15-8-6-10-22-15/h6,8,10,14H,5,7,9,11-13H2,1-4H3,(H2,18,19,20). The Morgan fingerprint density at radius 1 is 1.43 bits per heavy atom. The maximum atomic E-state index is 5.81. The lowest BCUT2D eigenvalue weighted by Crippen LogP contribution is -2.42. The molecule has 2 unspecified atom stereocenters. The molecular formula is C17H30N4O2. The van der Waals surface area contributed by atoms with Gasteiger partial charge in [0.05, 0.1) is 24.5 Å². The number of ether oxygens (including phenoxy) is 1. The van der Waals surface area contributed by atoms with Crippen molar-refractivity contribution in [2.45, 2.75) is 38.3 Å². The van der Waals surface area contributed by atoms with Gasteiger partial charge in [-0.3, -0.25) is 9.89 Å². The van der Waals surface area contributed by atoms with E-state index >= 15 is 0 Å². The lowest BCUT2D eigenvalue weighted by molar-refractivity contribution is 0.0283. The topological polar surface area (TPSA) is 62.0 Å². The first-order valence-corrected chi connectivity index (χ1v) is 8.40. The van der Waals surface area contributed by atoms with Gasteiger partial charge in [-0.15, -0.1) is 0 Å². The van der Waals surface area contributed by atoms with Gasteiger partial charge in [-0.2, -0.15) is 0 Å². The number of rotatable bonds is 7. The Morgan fingerprint density at radius 3 is 2.83 bits per heavy atom. The first kappa shape index (κ1) is 17.8. The molecule has 2 rings (SSSR count). The van der Waals surface area contributed by atoms with E-state index in [-0.39, 0.29) is 11.6 Å². The molecule has 0 aromatic carbocycles. The van der Waals surface area contributed by atoms with E-state index in [1.807, 2.05) is 26.2 Å². The molecule has 0 aliphatic carbocycles. The van der Waals surface area contributed by atoms with Gasteiger partial charge in [0.1, 0.15) is 5.76 Å². The summed E-state index contributed by atoms with van der Waals surface area (Å²) in [5.74, 6) is 1.77. The van der Waals surface area contributed by atoms with Gasteiger partial charge >= 0.3 is 0 Å². The first-order chi connectivity index (χ1) is 11.0. The number of guanidine groups is 1. The summed E-state index contributed by atoms with van der Waals surface area (Å²) in [5, 5.41) is 6.71. The highest BCUT2D eigenvalue weighted by Gasteiger charge is 2.29. The fraction of sp³-hybridized carbons (Fsp3) is 0.706. The van der Waals surface area contributed by atoms with Gasteiger partial charge in [-0.1, -0.05) is 0 Å². The quantitative estimate of drug-likeness (QED) is 0.594. The zero-order chi connectivity index (χ0) is 16.7. The van der Waals surface area contributed by atoms with Gasteiger partial charge in [0.25, 0.3) is 0 Å². The maximum absolute atomic E-state index is 5.81. The van der Waals surface area contributed by atoms with Crippen molar-refractivity contribution in [1.29, 1.82) is 0 Å². The van der Waals surface area contributed by atoms with Crippen molar-refractivity contribution in [3.05, 3.63) is 24.2 Å². The van der Waals surface area contributed by atoms with Crippen LogP contribution in [0.15, 0.2) is 27.8 Å². The first-order valence-electron chi connectivity index (χ1n) is 8.40. The van der Waals surface area contributed by atoms with Crippen molar-refractivity contribution in [2.24, 2.45) is 4.99 Å². The van der Waals surface area contributed by atoms with Crippen LogP contribution >= 0.6 is 0 Å². The SMILES string of the molecule is CCNC(=NCC1(C)CCCO1)NCC(c1ccco1)N(C)C. The van der Waals surface area contributed by atoms with Crippen molar-refractivity contribution in [1.82, 2.24) is 15.5 Å². The predicted molar refractivity (Wildman–Crippen MR) is 92.7 cm³/mol. The lowest BCUT2D eigenvalue weighted by Gasteiger charge is -2.25. The molecule has 0 saturated carbocycles. The van der Waals surface area contributed by atoms with Crippen LogP contribution in [0, 0.1) is 0 Å². The smallest absolute Gasteiger partial charge is 0.191 e. The van der Waals surface area contributed by atoms with E-state index < -0.39 is 0 Å². The summed E-state index contributed by atoms with van der Waals surface area (Å²) in [4.78, 5) is 6.84. The largest absolute Gasteiger partial charge is 0.468 e. The third-order valence-electron chi connectivity index (χ3n) is 4.17. The summed E-state index contributed by atoms with van der Waals surface area (Å²) in [6, 6.07) is 4.08. The third kappa shape index (κ3) is 5.25. The molecule has 0 spiro atoms. The lowest BCUT2D eigenvalue weighted by atomic mass is 10.0. The molecule has 0 radical (unpaired) electrons. The van der Waals surface area contributed by atoms with Crippen LogP contribution in [0.4, 0.5) is 0 Å². The van der Waals surface area contributed by atoms with E-state index in [9.17, 15) is 0 Å². The second-order valence-electron chi connectivity index (χ2n) is 6.47. The molecule has 1 fully saturated rings. The highest BCUT2D eigenvalue weighted by molar-refractivity contribution is 5.79. The van der Waals surface area contributed by atoms with Crippen LogP contribution in [0.1, 0.15) is 38.5 Å². The van der Waals surface area contributed by atoms with Crippen LogP contribution in [-0.2, 0) is 4.74 Å². The van der Waals surface area contributed by atoms with Crippen molar-refractivity contribution in [2.75, 3.05) is 40.3 Å². The Balaban J connectivity index is 1.95. The van der Waals surface area contributed by atoms with Crippen LogP contribution in [0.3, 0.4) is 0 Å². The number of hydrogen-bond acceptors (Lipinski definition) is 4. The number of hydrogen-bond donors (Lipinski definition) is 2. The van der Waals surface area contributed by atoms with E-state index in [4.69, 9.17) is 14.1 Å². The maximum Gasteiger partial charge on any atom is 0.191 e. The molecule has 130 valence electrons. The second kappa shape index (κ2) is 8.36. The fourth-order valence-corrected chi connectivity index (χ4v) is 2.76. The van der Waals surface area contributed by atoms with Crippen molar-refractivity contribution < 1.29 is 9.15 Å². The second-order valence-corrected chi connectivity index (χ2v) is 6.47. The van der Waals surface area contributed by atoms with Crippen molar-refractivity contribution in [3.8, 4) is 0 Å². The Labute approximate surface area is 139 Å². The van der Waals surface area contributed by atoms with Crippen molar-refractivity contribution in [3.63, 3.8) is 0 Å². The summed E-state index contributed by atoms with van der Waals surface area (Å²) in [7, 11) is 4.10. The Hall–Kier alpha value is -1.53. The molecule has 1 aromatic heterocycles. The van der Waals surface area contributed by atoms with Crippen LogP contribution < -0.4 is 10.6 Å². The molecular weight excluding hydrogens is 292 g/mol. The van der Waals surface area contributed by atoms with E-state index in [1.54, 1.807) is 6.26 Å². The van der Waals surface area contributed by atoms with Gasteiger partial charge < -0.3 is 19.8 Å². The summed E-state index contributed by atoms with van der Waals surface area (Å²) in [6.45, 7) is 7.28.